The molecule has 4 aromatic rings. The van der Waals surface area contributed by atoms with E-state index in [1.165, 1.54) is 11.3 Å². The molecule has 164 valence electrons. The van der Waals surface area contributed by atoms with E-state index in [4.69, 9.17) is 14.2 Å². The number of nitrogens with one attached hydrogen (secondary N) is 1. The second-order valence-corrected chi connectivity index (χ2v) is 8.66. The van der Waals surface area contributed by atoms with Crippen LogP contribution in [0.1, 0.15) is 28.2 Å². The quantitative estimate of drug-likeness (QED) is 0.483. The van der Waals surface area contributed by atoms with E-state index in [0.717, 1.165) is 38.5 Å². The van der Waals surface area contributed by atoms with Crippen molar-refractivity contribution in [1.29, 1.82) is 0 Å². The lowest BCUT2D eigenvalue weighted by atomic mass is 10.1. The molecule has 1 N–H and O–H groups in total. The number of aryl methyl sites for hydroxylation is 1. The summed E-state index contributed by atoms with van der Waals surface area (Å²) < 4.78 is 18.4. The van der Waals surface area contributed by atoms with Gasteiger partial charge in [-0.3, -0.25) is 9.48 Å². The second-order valence-electron chi connectivity index (χ2n) is 7.63. The van der Waals surface area contributed by atoms with Crippen molar-refractivity contribution in [2.45, 2.75) is 13.0 Å². The van der Waals surface area contributed by atoms with Gasteiger partial charge in [0.25, 0.3) is 5.91 Å². The predicted molar refractivity (Wildman–Crippen MR) is 124 cm³/mol. The van der Waals surface area contributed by atoms with Crippen LogP contribution < -0.4 is 19.5 Å². The fourth-order valence-corrected chi connectivity index (χ4v) is 4.79. The summed E-state index contributed by atoms with van der Waals surface area (Å²) in [6.07, 6.45) is 0. The Bertz CT molecular complexity index is 1310. The molecular formula is C24H23N3O4S. The first-order valence-corrected chi connectivity index (χ1v) is 11.2. The average Bonchev–Trinajstić information content (AvgIpc) is 3.39. The van der Waals surface area contributed by atoms with Crippen molar-refractivity contribution < 1.29 is 19.0 Å². The SMILES string of the molecule is COc1cccc(-c2nn(C)c3sc(C(=O)N[C@H](C)c4ccc5c(c4)OCCO5)cc23)c1. The molecule has 1 atom stereocenters. The van der Waals surface area contributed by atoms with Gasteiger partial charge in [0.1, 0.15) is 29.5 Å². The maximum absolute atomic E-state index is 13.0. The first-order valence-electron chi connectivity index (χ1n) is 10.3. The van der Waals surface area contributed by atoms with Crippen LogP contribution >= 0.6 is 11.3 Å². The van der Waals surface area contributed by atoms with Gasteiger partial charge < -0.3 is 19.5 Å². The van der Waals surface area contributed by atoms with Crippen molar-refractivity contribution >= 4 is 27.5 Å². The Morgan fingerprint density at radius 3 is 2.78 bits per heavy atom. The molecule has 1 aliphatic heterocycles. The third kappa shape index (κ3) is 3.67. The van der Waals surface area contributed by atoms with Crippen LogP contribution in [0, 0.1) is 0 Å². The number of methoxy groups -OCH3 is 1. The molecule has 0 fully saturated rings. The summed E-state index contributed by atoms with van der Waals surface area (Å²) in [5, 5.41) is 8.70. The standard InChI is InChI=1S/C24H23N3O4S/c1-14(15-7-8-19-20(12-15)31-10-9-30-19)25-23(28)21-13-18-22(26-27(2)24(18)32-21)16-5-4-6-17(11-16)29-3/h4-8,11-14H,9-10H2,1-3H3,(H,25,28)/t14-/m1/s1. The highest BCUT2D eigenvalue weighted by Crippen LogP contribution is 2.36. The second kappa shape index (κ2) is 8.20. The first-order chi connectivity index (χ1) is 15.5. The lowest BCUT2D eigenvalue weighted by Gasteiger charge is -2.21. The molecule has 2 aromatic heterocycles. The Labute approximate surface area is 189 Å². The van der Waals surface area contributed by atoms with Crippen molar-refractivity contribution in [3.05, 3.63) is 59.0 Å². The van der Waals surface area contributed by atoms with Gasteiger partial charge in [-0.2, -0.15) is 5.10 Å². The number of ether oxygens (including phenoxy) is 3. The fraction of sp³-hybridized carbons (Fsp3) is 0.250. The van der Waals surface area contributed by atoms with E-state index < -0.39 is 0 Å². The number of hydrogen-bond donors (Lipinski definition) is 1. The molecule has 0 spiro atoms. The zero-order valence-corrected chi connectivity index (χ0v) is 18.9. The number of carbonyl (C=O) groups is 1. The average molecular weight is 450 g/mol. The minimum atomic E-state index is -0.181. The van der Waals surface area contributed by atoms with Gasteiger partial charge in [0.05, 0.1) is 18.0 Å². The highest BCUT2D eigenvalue weighted by Gasteiger charge is 2.21. The van der Waals surface area contributed by atoms with Gasteiger partial charge in [0, 0.05) is 18.0 Å². The van der Waals surface area contributed by atoms with Gasteiger partial charge in [-0.05, 0) is 42.8 Å². The first kappa shape index (κ1) is 20.4. The molecule has 0 radical (unpaired) electrons. The van der Waals surface area contributed by atoms with Crippen LogP contribution in [0.4, 0.5) is 0 Å². The number of hydrogen-bond acceptors (Lipinski definition) is 6. The molecule has 3 heterocycles. The zero-order valence-electron chi connectivity index (χ0n) is 18.0. The topological polar surface area (TPSA) is 74.6 Å². The molecule has 1 aliphatic rings. The van der Waals surface area contributed by atoms with E-state index in [2.05, 4.69) is 10.4 Å². The summed E-state index contributed by atoms with van der Waals surface area (Å²) in [5.74, 6) is 2.10. The minimum Gasteiger partial charge on any atom is -0.497 e. The normalized spacial score (nSPS) is 13.7. The molecule has 8 heteroatoms. The summed E-state index contributed by atoms with van der Waals surface area (Å²) in [5.41, 5.74) is 2.74. The molecule has 32 heavy (non-hydrogen) atoms. The number of rotatable bonds is 5. The van der Waals surface area contributed by atoms with Gasteiger partial charge in [-0.1, -0.05) is 18.2 Å². The summed E-state index contributed by atoms with van der Waals surface area (Å²) in [6, 6.07) is 15.3. The molecule has 0 bridgehead atoms. The monoisotopic (exact) mass is 449 g/mol. The van der Waals surface area contributed by atoms with E-state index >= 15 is 0 Å². The van der Waals surface area contributed by atoms with Crippen LogP contribution in [0.2, 0.25) is 0 Å². The number of carbonyl (C=O) groups excluding carboxylic acids is 1. The largest absolute Gasteiger partial charge is 0.497 e. The summed E-state index contributed by atoms with van der Waals surface area (Å²) in [4.78, 5) is 14.6. The summed E-state index contributed by atoms with van der Waals surface area (Å²) in [6.45, 7) is 3.04. The number of thiophene rings is 1. The van der Waals surface area contributed by atoms with Crippen molar-refractivity contribution in [3.8, 4) is 28.5 Å². The van der Waals surface area contributed by atoms with Gasteiger partial charge in [-0.15, -0.1) is 11.3 Å². The summed E-state index contributed by atoms with van der Waals surface area (Å²) in [7, 11) is 3.53. The lowest BCUT2D eigenvalue weighted by Crippen LogP contribution is -2.26. The van der Waals surface area contributed by atoms with Crippen LogP contribution in [-0.4, -0.2) is 36.0 Å². The number of fused-ring (bicyclic) bond motifs is 2. The van der Waals surface area contributed by atoms with Crippen LogP contribution in [0.3, 0.4) is 0 Å². The van der Waals surface area contributed by atoms with Gasteiger partial charge >= 0.3 is 0 Å². The van der Waals surface area contributed by atoms with Crippen LogP contribution in [-0.2, 0) is 7.05 Å². The third-order valence-corrected chi connectivity index (χ3v) is 6.69. The minimum absolute atomic E-state index is 0.120. The van der Waals surface area contributed by atoms with Gasteiger partial charge in [0.15, 0.2) is 11.5 Å². The summed E-state index contributed by atoms with van der Waals surface area (Å²) >= 11 is 1.43. The van der Waals surface area contributed by atoms with Crippen molar-refractivity contribution in [3.63, 3.8) is 0 Å². The lowest BCUT2D eigenvalue weighted by molar-refractivity contribution is 0.0944. The Morgan fingerprint density at radius 1 is 1.16 bits per heavy atom. The van der Waals surface area contributed by atoms with E-state index in [1.807, 2.05) is 67.2 Å². The third-order valence-electron chi connectivity index (χ3n) is 5.49. The number of amides is 1. The number of benzene rings is 2. The van der Waals surface area contributed by atoms with Crippen LogP contribution in [0.5, 0.6) is 17.2 Å². The Hall–Kier alpha value is -3.52. The molecule has 0 saturated carbocycles. The maximum Gasteiger partial charge on any atom is 0.261 e. The predicted octanol–water partition coefficient (Wildman–Crippen LogP) is 4.57. The zero-order chi connectivity index (χ0) is 22.2. The van der Waals surface area contributed by atoms with Crippen LogP contribution in [0.25, 0.3) is 21.5 Å². The van der Waals surface area contributed by atoms with E-state index in [0.29, 0.717) is 23.8 Å². The number of aromatic nitrogens is 2. The highest BCUT2D eigenvalue weighted by atomic mass is 32.1. The molecule has 7 nitrogen and oxygen atoms in total. The van der Waals surface area contributed by atoms with Gasteiger partial charge in [-0.25, -0.2) is 0 Å². The molecular weight excluding hydrogens is 426 g/mol. The molecule has 2 aromatic carbocycles. The van der Waals surface area contributed by atoms with E-state index in [9.17, 15) is 4.79 Å². The van der Waals surface area contributed by atoms with Crippen molar-refractivity contribution in [2.75, 3.05) is 20.3 Å². The van der Waals surface area contributed by atoms with E-state index in [-0.39, 0.29) is 11.9 Å². The van der Waals surface area contributed by atoms with Crippen molar-refractivity contribution in [2.24, 2.45) is 7.05 Å². The molecule has 1 amide bonds. The Balaban J connectivity index is 1.40. The molecule has 0 unspecified atom stereocenters. The molecule has 0 aliphatic carbocycles. The Kier molecular flexibility index (Phi) is 5.22. The molecule has 5 rings (SSSR count). The smallest absolute Gasteiger partial charge is 0.261 e. The van der Waals surface area contributed by atoms with Crippen molar-refractivity contribution in [1.82, 2.24) is 15.1 Å². The highest BCUT2D eigenvalue weighted by molar-refractivity contribution is 7.20. The fourth-order valence-electron chi connectivity index (χ4n) is 3.82. The van der Waals surface area contributed by atoms with E-state index in [1.54, 1.807) is 7.11 Å². The Morgan fingerprint density at radius 2 is 1.97 bits per heavy atom. The number of nitrogens with zero attached hydrogens (tertiary/aromatic N) is 2. The van der Waals surface area contributed by atoms with Crippen LogP contribution in [0.15, 0.2) is 48.5 Å². The molecule has 0 saturated heterocycles. The maximum atomic E-state index is 13.0. The van der Waals surface area contributed by atoms with Gasteiger partial charge in [0.2, 0.25) is 0 Å².